The van der Waals surface area contributed by atoms with Crippen LogP contribution in [0.5, 0.6) is 0 Å². The molecule has 1 heterocycles. The van der Waals surface area contributed by atoms with Gasteiger partial charge in [-0.15, -0.1) is 0 Å². The summed E-state index contributed by atoms with van der Waals surface area (Å²) in [5.41, 5.74) is 2.51. The van der Waals surface area contributed by atoms with E-state index < -0.39 is 0 Å². The van der Waals surface area contributed by atoms with Crippen LogP contribution in [0, 0.1) is 12.7 Å². The Bertz CT molecular complexity index is 580. The van der Waals surface area contributed by atoms with Crippen LogP contribution < -0.4 is 5.32 Å². The Hall–Kier alpha value is -1.20. The van der Waals surface area contributed by atoms with Crippen molar-refractivity contribution in [2.75, 3.05) is 6.54 Å². The Labute approximate surface area is 121 Å². The van der Waals surface area contributed by atoms with Crippen LogP contribution >= 0.6 is 15.9 Å². The minimum atomic E-state index is -0.229. The second-order valence-corrected chi connectivity index (χ2v) is 5.32. The second kappa shape index (κ2) is 5.84. The molecule has 0 saturated heterocycles. The van der Waals surface area contributed by atoms with Crippen molar-refractivity contribution in [3.8, 4) is 0 Å². The molecule has 1 atom stereocenters. The Morgan fingerprint density at radius 3 is 2.79 bits per heavy atom. The van der Waals surface area contributed by atoms with Gasteiger partial charge >= 0.3 is 0 Å². The normalized spacial score (nSPS) is 12.7. The van der Waals surface area contributed by atoms with Crippen molar-refractivity contribution in [3.63, 3.8) is 0 Å². The lowest BCUT2D eigenvalue weighted by molar-refractivity contribution is 0.529. The van der Waals surface area contributed by atoms with E-state index in [4.69, 9.17) is 0 Å². The first-order valence-electron chi connectivity index (χ1n) is 6.22. The van der Waals surface area contributed by atoms with Gasteiger partial charge in [-0.1, -0.05) is 19.1 Å². The maximum absolute atomic E-state index is 14.3. The van der Waals surface area contributed by atoms with E-state index in [1.165, 1.54) is 0 Å². The highest BCUT2D eigenvalue weighted by atomic mass is 79.9. The first-order chi connectivity index (χ1) is 9.04. The molecule has 0 bridgehead atoms. The van der Waals surface area contributed by atoms with Crippen LogP contribution in [0.4, 0.5) is 4.39 Å². The maximum Gasteiger partial charge on any atom is 0.142 e. The average molecular weight is 326 g/mol. The predicted octanol–water partition coefficient (Wildman–Crippen LogP) is 3.33. The third-order valence-electron chi connectivity index (χ3n) is 3.03. The van der Waals surface area contributed by atoms with Gasteiger partial charge in [-0.2, -0.15) is 5.10 Å². The van der Waals surface area contributed by atoms with E-state index in [-0.39, 0.29) is 11.9 Å². The topological polar surface area (TPSA) is 29.9 Å². The molecular weight excluding hydrogens is 309 g/mol. The van der Waals surface area contributed by atoms with Gasteiger partial charge in [0.2, 0.25) is 0 Å². The van der Waals surface area contributed by atoms with Gasteiger partial charge in [0.15, 0.2) is 0 Å². The molecule has 0 spiro atoms. The number of aromatic nitrogens is 2. The fraction of sp³-hybridized carbons (Fsp3) is 0.357. The summed E-state index contributed by atoms with van der Waals surface area (Å²) in [5.74, 6) is -0.229. The highest BCUT2D eigenvalue weighted by Crippen LogP contribution is 2.28. The number of hydrogen-bond donors (Lipinski definition) is 1. The first kappa shape index (κ1) is 14.2. The molecule has 0 amide bonds. The molecule has 0 saturated carbocycles. The lowest BCUT2D eigenvalue weighted by Gasteiger charge is -2.19. The summed E-state index contributed by atoms with van der Waals surface area (Å²) in [6.07, 6.45) is 0. The Balaban J connectivity index is 2.51. The van der Waals surface area contributed by atoms with E-state index in [1.54, 1.807) is 16.8 Å². The Kier molecular flexibility index (Phi) is 4.37. The zero-order valence-electron chi connectivity index (χ0n) is 11.2. The fourth-order valence-electron chi connectivity index (χ4n) is 2.22. The Morgan fingerprint density at radius 1 is 1.47 bits per heavy atom. The van der Waals surface area contributed by atoms with Crippen molar-refractivity contribution in [1.29, 1.82) is 0 Å². The molecule has 1 N–H and O–H groups in total. The number of rotatable bonds is 4. The monoisotopic (exact) mass is 325 g/mol. The van der Waals surface area contributed by atoms with Crippen LogP contribution in [-0.2, 0) is 7.05 Å². The van der Waals surface area contributed by atoms with Gasteiger partial charge in [0, 0.05) is 12.6 Å². The maximum atomic E-state index is 14.3. The first-order valence-corrected chi connectivity index (χ1v) is 7.01. The molecule has 2 rings (SSSR count). The van der Waals surface area contributed by atoms with Gasteiger partial charge in [0.25, 0.3) is 0 Å². The molecule has 1 unspecified atom stereocenters. The van der Waals surface area contributed by atoms with Crippen LogP contribution in [0.1, 0.15) is 29.9 Å². The van der Waals surface area contributed by atoms with Gasteiger partial charge in [0.05, 0.1) is 21.9 Å². The number of aryl methyl sites for hydroxylation is 2. The van der Waals surface area contributed by atoms with Crippen LogP contribution in [0.25, 0.3) is 0 Å². The van der Waals surface area contributed by atoms with Crippen molar-refractivity contribution in [1.82, 2.24) is 15.1 Å². The summed E-state index contributed by atoms with van der Waals surface area (Å²) < 4.78 is 16.6. The van der Waals surface area contributed by atoms with Gasteiger partial charge < -0.3 is 5.32 Å². The van der Waals surface area contributed by atoms with Crippen molar-refractivity contribution in [2.24, 2.45) is 7.05 Å². The number of nitrogens with zero attached hydrogens (tertiary/aromatic N) is 2. The second-order valence-electron chi connectivity index (χ2n) is 4.47. The molecule has 0 aliphatic rings. The van der Waals surface area contributed by atoms with Crippen molar-refractivity contribution in [3.05, 3.63) is 51.5 Å². The summed E-state index contributed by atoms with van der Waals surface area (Å²) in [6.45, 7) is 4.69. The molecular formula is C14H17BrFN3. The lowest BCUT2D eigenvalue weighted by atomic mass is 10.0. The third kappa shape index (κ3) is 2.87. The number of hydrogen-bond acceptors (Lipinski definition) is 2. The average Bonchev–Trinajstić information content (AvgIpc) is 2.69. The van der Waals surface area contributed by atoms with E-state index in [0.717, 1.165) is 17.9 Å². The fourth-order valence-corrected chi connectivity index (χ4v) is 2.60. The van der Waals surface area contributed by atoms with Crippen LogP contribution in [0.15, 0.2) is 28.7 Å². The number of halogens is 2. The third-order valence-corrected chi connectivity index (χ3v) is 3.65. The quantitative estimate of drug-likeness (QED) is 0.934. The van der Waals surface area contributed by atoms with E-state index in [2.05, 4.69) is 26.3 Å². The van der Waals surface area contributed by atoms with Gasteiger partial charge in [0.1, 0.15) is 5.82 Å². The van der Waals surface area contributed by atoms with E-state index in [0.29, 0.717) is 10.0 Å². The summed E-state index contributed by atoms with van der Waals surface area (Å²) in [6, 6.07) is 7.13. The van der Waals surface area contributed by atoms with Crippen LogP contribution in [-0.4, -0.2) is 16.3 Å². The SMILES string of the molecule is CCNC(c1cccc(Br)c1F)c1cc(C)nn1C. The minimum absolute atomic E-state index is 0.200. The zero-order valence-corrected chi connectivity index (χ0v) is 12.8. The van der Waals surface area contributed by atoms with Crippen LogP contribution in [0.3, 0.4) is 0 Å². The molecule has 0 radical (unpaired) electrons. The number of nitrogens with one attached hydrogen (secondary N) is 1. The van der Waals surface area contributed by atoms with E-state index in [9.17, 15) is 4.39 Å². The van der Waals surface area contributed by atoms with Gasteiger partial charge in [-0.3, -0.25) is 4.68 Å². The molecule has 19 heavy (non-hydrogen) atoms. The molecule has 0 aliphatic carbocycles. The van der Waals surface area contributed by atoms with Gasteiger partial charge in [-0.25, -0.2) is 4.39 Å². The molecule has 1 aromatic heterocycles. The molecule has 1 aromatic carbocycles. The summed E-state index contributed by atoms with van der Waals surface area (Å²) in [7, 11) is 1.88. The van der Waals surface area contributed by atoms with E-state index >= 15 is 0 Å². The van der Waals surface area contributed by atoms with Gasteiger partial charge in [-0.05, 0) is 41.5 Å². The Morgan fingerprint density at radius 2 is 2.21 bits per heavy atom. The van der Waals surface area contributed by atoms with Crippen LogP contribution in [0.2, 0.25) is 0 Å². The van der Waals surface area contributed by atoms with Crippen molar-refractivity contribution < 1.29 is 4.39 Å². The summed E-state index contributed by atoms with van der Waals surface area (Å²) in [4.78, 5) is 0. The highest BCUT2D eigenvalue weighted by molar-refractivity contribution is 9.10. The zero-order chi connectivity index (χ0) is 14.0. The number of benzene rings is 1. The molecule has 0 aliphatic heterocycles. The van der Waals surface area contributed by atoms with E-state index in [1.807, 2.05) is 33.0 Å². The minimum Gasteiger partial charge on any atom is -0.305 e. The van der Waals surface area contributed by atoms with Crippen molar-refractivity contribution >= 4 is 15.9 Å². The smallest absolute Gasteiger partial charge is 0.142 e. The lowest BCUT2D eigenvalue weighted by Crippen LogP contribution is -2.25. The molecule has 5 heteroatoms. The molecule has 3 nitrogen and oxygen atoms in total. The largest absolute Gasteiger partial charge is 0.305 e. The predicted molar refractivity (Wildman–Crippen MR) is 77.6 cm³/mol. The van der Waals surface area contributed by atoms with Crippen molar-refractivity contribution in [2.45, 2.75) is 19.9 Å². The summed E-state index contributed by atoms with van der Waals surface area (Å²) in [5, 5.41) is 7.65. The summed E-state index contributed by atoms with van der Waals surface area (Å²) >= 11 is 3.24. The molecule has 102 valence electrons. The highest BCUT2D eigenvalue weighted by Gasteiger charge is 2.21. The molecule has 0 fully saturated rings. The molecule has 2 aromatic rings. The standard InChI is InChI=1S/C14H17BrFN3/c1-4-17-14(12-8-9(2)18-19(12)3)10-6-5-7-11(15)13(10)16/h5-8,14,17H,4H2,1-3H3.